The lowest BCUT2D eigenvalue weighted by Crippen LogP contribution is -1.99. The number of rotatable bonds is 4. The molecular weight excluding hydrogens is 310 g/mol. The average molecular weight is 327 g/mol. The van der Waals surface area contributed by atoms with Gasteiger partial charge in [0.25, 0.3) is 0 Å². The zero-order valence-electron chi connectivity index (χ0n) is 13.9. The van der Waals surface area contributed by atoms with Gasteiger partial charge >= 0.3 is 0 Å². The van der Waals surface area contributed by atoms with Crippen molar-refractivity contribution in [3.05, 3.63) is 78.6 Å². The normalized spacial score (nSPS) is 11.4. The first-order valence-electron chi connectivity index (χ1n) is 8.25. The Bertz CT molecular complexity index is 1020. The molecule has 4 aromatic rings. The predicted molar refractivity (Wildman–Crippen MR) is 98.4 cm³/mol. The van der Waals surface area contributed by atoms with E-state index in [1.54, 1.807) is 6.20 Å². The van der Waals surface area contributed by atoms with Gasteiger partial charge < -0.3 is 0 Å². The van der Waals surface area contributed by atoms with E-state index in [1.165, 1.54) is 0 Å². The summed E-state index contributed by atoms with van der Waals surface area (Å²) in [5.74, 6) is 0. The van der Waals surface area contributed by atoms with E-state index in [9.17, 15) is 0 Å². The van der Waals surface area contributed by atoms with Crippen LogP contribution < -0.4 is 0 Å². The topological polar surface area (TPSA) is 54.9 Å². The molecule has 0 fully saturated rings. The van der Waals surface area contributed by atoms with Crippen molar-refractivity contribution in [2.45, 2.75) is 13.3 Å². The number of hydrogen-bond donors (Lipinski definition) is 0. The molecule has 0 amide bonds. The van der Waals surface area contributed by atoms with Crippen LogP contribution in [-0.2, 0) is 6.42 Å². The summed E-state index contributed by atoms with van der Waals surface area (Å²) in [5, 5.41) is 13.4. The highest BCUT2D eigenvalue weighted by Crippen LogP contribution is 2.25. The summed E-state index contributed by atoms with van der Waals surface area (Å²) in [7, 11) is 0. The fourth-order valence-corrected chi connectivity index (χ4v) is 2.74. The molecule has 0 saturated carbocycles. The monoisotopic (exact) mass is 327 g/mol. The predicted octanol–water partition coefficient (Wildman–Crippen LogP) is 5.37. The van der Waals surface area contributed by atoms with Gasteiger partial charge in [0, 0.05) is 11.6 Å². The van der Waals surface area contributed by atoms with Crippen LogP contribution in [0.1, 0.15) is 12.6 Å². The zero-order valence-corrected chi connectivity index (χ0v) is 13.9. The van der Waals surface area contributed by atoms with E-state index in [-0.39, 0.29) is 0 Å². The molecule has 0 spiro atoms. The molecule has 0 radical (unpaired) electrons. The van der Waals surface area contributed by atoms with Crippen molar-refractivity contribution in [2.75, 3.05) is 0 Å². The molecule has 2 aromatic carbocycles. The first kappa shape index (κ1) is 15.2. The van der Waals surface area contributed by atoms with E-state index in [2.05, 4.69) is 22.1 Å². The summed E-state index contributed by atoms with van der Waals surface area (Å²) in [6, 6.07) is 21.8. The van der Waals surface area contributed by atoms with E-state index in [1.807, 2.05) is 71.2 Å². The van der Waals surface area contributed by atoms with E-state index < -0.39 is 0 Å². The van der Waals surface area contributed by atoms with Gasteiger partial charge in [-0.3, -0.25) is 0 Å². The molecule has 2 aromatic heterocycles. The highest BCUT2D eigenvalue weighted by atomic mass is 15.3. The molecule has 2 heterocycles. The number of fused-ring (bicyclic) bond motifs is 1. The maximum atomic E-state index is 4.72. The Hall–Kier alpha value is -3.34. The van der Waals surface area contributed by atoms with Gasteiger partial charge in [-0.1, -0.05) is 55.5 Å². The number of aromatic nitrogens is 3. The lowest BCUT2D eigenvalue weighted by molar-refractivity contribution is 0.848. The van der Waals surface area contributed by atoms with Crippen LogP contribution in [0.25, 0.3) is 16.9 Å². The quantitative estimate of drug-likeness (QED) is 0.473. The molecule has 25 heavy (non-hydrogen) atoms. The van der Waals surface area contributed by atoms with Gasteiger partial charge in [-0.15, -0.1) is 5.11 Å². The van der Waals surface area contributed by atoms with Crippen LogP contribution in [0, 0.1) is 0 Å². The van der Waals surface area contributed by atoms with Gasteiger partial charge in [0.2, 0.25) is 0 Å². The average Bonchev–Trinajstić information content (AvgIpc) is 3.12. The van der Waals surface area contributed by atoms with Gasteiger partial charge in [0.05, 0.1) is 23.3 Å². The second-order valence-electron chi connectivity index (χ2n) is 5.64. The maximum Gasteiger partial charge on any atom is 0.156 e. The minimum absolute atomic E-state index is 0.738. The number of benzene rings is 2. The second kappa shape index (κ2) is 6.65. The van der Waals surface area contributed by atoms with Crippen LogP contribution in [0.2, 0.25) is 0 Å². The summed E-state index contributed by atoms with van der Waals surface area (Å²) in [5.41, 5.74) is 5.33. The van der Waals surface area contributed by atoms with E-state index in [0.717, 1.165) is 40.4 Å². The summed E-state index contributed by atoms with van der Waals surface area (Å²) < 4.78 is 1.86. The third-order valence-corrected chi connectivity index (χ3v) is 3.99. The molecule has 0 unspecified atom stereocenters. The Morgan fingerprint density at radius 2 is 1.64 bits per heavy atom. The van der Waals surface area contributed by atoms with Gasteiger partial charge in [0.15, 0.2) is 5.65 Å². The molecule has 0 aliphatic carbocycles. The summed E-state index contributed by atoms with van der Waals surface area (Å²) in [6.07, 6.45) is 2.55. The fourth-order valence-electron chi connectivity index (χ4n) is 2.74. The molecule has 4 rings (SSSR count). The Balaban J connectivity index is 1.78. The molecule has 0 atom stereocenters. The maximum absolute atomic E-state index is 4.72. The number of aryl methyl sites for hydroxylation is 1. The first-order valence-corrected chi connectivity index (χ1v) is 8.25. The third kappa shape index (κ3) is 3.04. The molecule has 0 aliphatic rings. The molecule has 0 aliphatic heterocycles. The van der Waals surface area contributed by atoms with E-state index in [4.69, 9.17) is 5.10 Å². The Morgan fingerprint density at radius 1 is 0.920 bits per heavy atom. The van der Waals surface area contributed by atoms with Gasteiger partial charge in [0.1, 0.15) is 5.69 Å². The lowest BCUT2D eigenvalue weighted by Gasteiger charge is -2.04. The van der Waals surface area contributed by atoms with Gasteiger partial charge in [-0.05, 0) is 18.6 Å². The summed E-state index contributed by atoms with van der Waals surface area (Å²) in [6.45, 7) is 2.08. The number of azo groups is 1. The van der Waals surface area contributed by atoms with Crippen molar-refractivity contribution in [1.29, 1.82) is 0 Å². The molecule has 5 heteroatoms. The van der Waals surface area contributed by atoms with E-state index in [0.29, 0.717) is 0 Å². The number of hydrogen-bond acceptors (Lipinski definition) is 4. The van der Waals surface area contributed by atoms with E-state index >= 15 is 0 Å². The van der Waals surface area contributed by atoms with Crippen molar-refractivity contribution in [1.82, 2.24) is 14.6 Å². The van der Waals surface area contributed by atoms with Gasteiger partial charge in [-0.25, -0.2) is 9.50 Å². The third-order valence-electron chi connectivity index (χ3n) is 3.99. The molecule has 0 bridgehead atoms. The smallest absolute Gasteiger partial charge is 0.156 e. The zero-order chi connectivity index (χ0) is 17.1. The minimum atomic E-state index is 0.738. The van der Waals surface area contributed by atoms with Crippen molar-refractivity contribution >= 4 is 17.0 Å². The van der Waals surface area contributed by atoms with Crippen molar-refractivity contribution in [3.8, 4) is 11.3 Å². The van der Waals surface area contributed by atoms with Crippen molar-refractivity contribution in [3.63, 3.8) is 0 Å². The Labute approximate surface area is 145 Å². The molecule has 5 nitrogen and oxygen atoms in total. The van der Waals surface area contributed by atoms with Crippen LogP contribution in [-0.4, -0.2) is 14.6 Å². The van der Waals surface area contributed by atoms with Crippen LogP contribution in [0.3, 0.4) is 0 Å². The van der Waals surface area contributed by atoms with Gasteiger partial charge in [-0.2, -0.15) is 10.2 Å². The molecule has 0 N–H and O–H groups in total. The SMILES string of the molecule is CCc1c(N=Nc2ccccc2)cnc2cc(-c3ccccc3)nn12. The lowest BCUT2D eigenvalue weighted by atomic mass is 10.2. The molecule has 0 saturated heterocycles. The highest BCUT2D eigenvalue weighted by Gasteiger charge is 2.11. The molecular formula is C20H17N5. The summed E-state index contributed by atoms with van der Waals surface area (Å²) in [4.78, 5) is 4.49. The highest BCUT2D eigenvalue weighted by molar-refractivity contribution is 5.65. The number of nitrogens with zero attached hydrogens (tertiary/aromatic N) is 5. The second-order valence-corrected chi connectivity index (χ2v) is 5.64. The standard InChI is InChI=1S/C20H17N5/c1-2-19-18(23-22-16-11-7-4-8-12-16)14-21-20-13-17(24-25(19)20)15-9-5-3-6-10-15/h3-14H,2H2,1H3. The summed E-state index contributed by atoms with van der Waals surface area (Å²) >= 11 is 0. The Morgan fingerprint density at radius 3 is 2.36 bits per heavy atom. The van der Waals surface area contributed by atoms with Crippen molar-refractivity contribution in [2.24, 2.45) is 10.2 Å². The van der Waals surface area contributed by atoms with Crippen molar-refractivity contribution < 1.29 is 0 Å². The minimum Gasteiger partial charge on any atom is -0.235 e. The van der Waals surface area contributed by atoms with Crippen LogP contribution >= 0.6 is 0 Å². The van der Waals surface area contributed by atoms with Crippen LogP contribution in [0.4, 0.5) is 11.4 Å². The Kier molecular flexibility index (Phi) is 4.04. The van der Waals surface area contributed by atoms with Crippen LogP contribution in [0.5, 0.6) is 0 Å². The fraction of sp³-hybridized carbons (Fsp3) is 0.100. The van der Waals surface area contributed by atoms with Crippen LogP contribution in [0.15, 0.2) is 83.2 Å². The first-order chi connectivity index (χ1) is 12.3. The molecule has 122 valence electrons. The largest absolute Gasteiger partial charge is 0.235 e.